The molecule has 0 aromatic heterocycles. The summed E-state index contributed by atoms with van der Waals surface area (Å²) < 4.78 is 5.25. The summed E-state index contributed by atoms with van der Waals surface area (Å²) >= 11 is 5.88. The van der Waals surface area contributed by atoms with Crippen LogP contribution < -0.4 is 10.5 Å². The molecule has 1 aromatic carbocycles. The lowest BCUT2D eigenvalue weighted by atomic mass is 10.0. The predicted molar refractivity (Wildman–Crippen MR) is 67.6 cm³/mol. The molecule has 2 N–H and O–H groups in total. The summed E-state index contributed by atoms with van der Waals surface area (Å²) in [6.07, 6.45) is 1.61. The van der Waals surface area contributed by atoms with Crippen LogP contribution in [0.3, 0.4) is 0 Å². The van der Waals surface area contributed by atoms with Gasteiger partial charge in [0.15, 0.2) is 0 Å². The summed E-state index contributed by atoms with van der Waals surface area (Å²) in [4.78, 5) is 0. The molecule has 86 valence electrons. The molecule has 0 heterocycles. The van der Waals surface area contributed by atoms with Gasteiger partial charge in [0, 0.05) is 23.0 Å². The first-order valence-corrected chi connectivity index (χ1v) is 5.55. The number of nitrogens with two attached hydrogens (primary N) is 1. The van der Waals surface area contributed by atoms with E-state index < -0.39 is 0 Å². The standard InChI is InChI=1S/C13H16ClNO/c1-3-4-5-6-12(15)11-8-7-10(14)9-13(11)16-2/h7-9,12H,5-6,15H2,1-2H3. The highest BCUT2D eigenvalue weighted by Crippen LogP contribution is 2.29. The van der Waals surface area contributed by atoms with E-state index in [9.17, 15) is 0 Å². The zero-order chi connectivity index (χ0) is 12.0. The van der Waals surface area contributed by atoms with Crippen molar-refractivity contribution >= 4 is 11.6 Å². The van der Waals surface area contributed by atoms with Crippen molar-refractivity contribution in [1.29, 1.82) is 0 Å². The summed E-state index contributed by atoms with van der Waals surface area (Å²) in [5.41, 5.74) is 7.05. The largest absolute Gasteiger partial charge is 0.496 e. The topological polar surface area (TPSA) is 35.2 Å². The van der Waals surface area contributed by atoms with Gasteiger partial charge < -0.3 is 10.5 Å². The van der Waals surface area contributed by atoms with Gasteiger partial charge in [0.2, 0.25) is 0 Å². The van der Waals surface area contributed by atoms with Crippen LogP contribution in [-0.2, 0) is 0 Å². The fourth-order valence-corrected chi connectivity index (χ4v) is 1.66. The second-order valence-electron chi connectivity index (χ2n) is 3.46. The molecule has 0 saturated carbocycles. The van der Waals surface area contributed by atoms with Crippen LogP contribution in [0.2, 0.25) is 5.02 Å². The molecule has 0 fully saturated rings. The van der Waals surface area contributed by atoms with Crippen molar-refractivity contribution in [3.63, 3.8) is 0 Å². The van der Waals surface area contributed by atoms with Gasteiger partial charge in [-0.15, -0.1) is 11.8 Å². The molecule has 3 heteroatoms. The minimum Gasteiger partial charge on any atom is -0.496 e. The number of halogens is 1. The van der Waals surface area contributed by atoms with Gasteiger partial charge in [0.25, 0.3) is 0 Å². The van der Waals surface area contributed by atoms with Crippen molar-refractivity contribution in [3.05, 3.63) is 28.8 Å². The van der Waals surface area contributed by atoms with Gasteiger partial charge >= 0.3 is 0 Å². The normalized spacial score (nSPS) is 11.5. The minimum atomic E-state index is -0.0620. The van der Waals surface area contributed by atoms with E-state index in [1.54, 1.807) is 13.2 Å². The molecule has 0 aliphatic rings. The fourth-order valence-electron chi connectivity index (χ4n) is 1.50. The maximum absolute atomic E-state index is 6.07. The first-order chi connectivity index (χ1) is 7.69. The van der Waals surface area contributed by atoms with Crippen LogP contribution in [-0.4, -0.2) is 7.11 Å². The highest BCUT2D eigenvalue weighted by atomic mass is 35.5. The third-order valence-corrected chi connectivity index (χ3v) is 2.59. The van der Waals surface area contributed by atoms with Gasteiger partial charge in [0.05, 0.1) is 7.11 Å². The monoisotopic (exact) mass is 237 g/mol. The van der Waals surface area contributed by atoms with E-state index >= 15 is 0 Å². The lowest BCUT2D eigenvalue weighted by Crippen LogP contribution is -2.11. The Morgan fingerprint density at radius 3 is 2.88 bits per heavy atom. The van der Waals surface area contributed by atoms with Crippen molar-refractivity contribution < 1.29 is 4.74 Å². The van der Waals surface area contributed by atoms with E-state index in [1.165, 1.54) is 0 Å². The molecule has 0 aliphatic heterocycles. The molecule has 1 unspecified atom stereocenters. The van der Waals surface area contributed by atoms with Gasteiger partial charge in [-0.2, -0.15) is 0 Å². The summed E-state index contributed by atoms with van der Waals surface area (Å²) in [6.45, 7) is 1.83. The summed E-state index contributed by atoms with van der Waals surface area (Å²) in [6, 6.07) is 5.45. The van der Waals surface area contributed by atoms with Crippen molar-refractivity contribution in [2.24, 2.45) is 5.73 Å². The van der Waals surface area contributed by atoms with Gasteiger partial charge in [-0.1, -0.05) is 17.7 Å². The maximum atomic E-state index is 6.07. The summed E-state index contributed by atoms with van der Waals surface area (Å²) in [5, 5.41) is 0.654. The Labute approximate surface area is 102 Å². The van der Waals surface area contributed by atoms with Crippen LogP contribution in [0.1, 0.15) is 31.4 Å². The summed E-state index contributed by atoms with van der Waals surface area (Å²) in [5.74, 6) is 6.60. The molecule has 1 aromatic rings. The van der Waals surface area contributed by atoms with Gasteiger partial charge in [-0.25, -0.2) is 0 Å². The second-order valence-corrected chi connectivity index (χ2v) is 3.89. The Hall–Kier alpha value is -1.17. The lowest BCUT2D eigenvalue weighted by molar-refractivity contribution is 0.404. The molecule has 16 heavy (non-hydrogen) atoms. The van der Waals surface area contributed by atoms with Crippen LogP contribution in [0.25, 0.3) is 0 Å². The van der Waals surface area contributed by atoms with Crippen LogP contribution in [0.5, 0.6) is 5.75 Å². The molecule has 0 aliphatic carbocycles. The zero-order valence-corrected chi connectivity index (χ0v) is 10.3. The van der Waals surface area contributed by atoms with Crippen LogP contribution >= 0.6 is 11.6 Å². The molecule has 1 rings (SSSR count). The van der Waals surface area contributed by atoms with Crippen LogP contribution in [0.15, 0.2) is 18.2 Å². The Bertz CT molecular complexity index is 406. The number of benzene rings is 1. The van der Waals surface area contributed by atoms with Gasteiger partial charge in [-0.3, -0.25) is 0 Å². The smallest absolute Gasteiger partial charge is 0.125 e. The third kappa shape index (κ3) is 3.44. The van der Waals surface area contributed by atoms with Crippen molar-refractivity contribution in [3.8, 4) is 17.6 Å². The fraction of sp³-hybridized carbons (Fsp3) is 0.385. The number of hydrogen-bond donors (Lipinski definition) is 1. The molecule has 1 atom stereocenters. The highest BCUT2D eigenvalue weighted by molar-refractivity contribution is 6.30. The SMILES string of the molecule is CC#CCCC(N)c1ccc(Cl)cc1OC. The number of rotatable bonds is 4. The van der Waals surface area contributed by atoms with Crippen LogP contribution in [0.4, 0.5) is 0 Å². The zero-order valence-electron chi connectivity index (χ0n) is 9.59. The number of hydrogen-bond acceptors (Lipinski definition) is 2. The first kappa shape index (κ1) is 12.9. The molecular formula is C13H16ClNO. The van der Waals surface area contributed by atoms with Gasteiger partial charge in [-0.05, 0) is 25.5 Å². The maximum Gasteiger partial charge on any atom is 0.125 e. The molecule has 2 nitrogen and oxygen atoms in total. The Balaban J connectivity index is 2.80. The molecular weight excluding hydrogens is 222 g/mol. The van der Waals surface area contributed by atoms with Crippen molar-refractivity contribution in [1.82, 2.24) is 0 Å². The molecule has 0 amide bonds. The van der Waals surface area contributed by atoms with E-state index in [4.69, 9.17) is 22.1 Å². The van der Waals surface area contributed by atoms with E-state index in [2.05, 4.69) is 11.8 Å². The molecule has 0 bridgehead atoms. The molecule has 0 radical (unpaired) electrons. The van der Waals surface area contributed by atoms with E-state index in [-0.39, 0.29) is 6.04 Å². The third-order valence-electron chi connectivity index (χ3n) is 2.35. The van der Waals surface area contributed by atoms with Crippen LogP contribution in [0, 0.1) is 11.8 Å². The minimum absolute atomic E-state index is 0.0620. The second kappa shape index (κ2) is 6.42. The quantitative estimate of drug-likeness (QED) is 0.817. The summed E-state index contributed by atoms with van der Waals surface area (Å²) in [7, 11) is 1.62. The molecule has 0 saturated heterocycles. The van der Waals surface area contributed by atoms with Crippen molar-refractivity contribution in [2.75, 3.05) is 7.11 Å². The number of ether oxygens (including phenoxy) is 1. The average Bonchev–Trinajstić information content (AvgIpc) is 2.29. The Kier molecular flexibility index (Phi) is 5.18. The van der Waals surface area contributed by atoms with E-state index in [0.29, 0.717) is 5.02 Å². The first-order valence-electron chi connectivity index (χ1n) is 5.17. The highest BCUT2D eigenvalue weighted by Gasteiger charge is 2.11. The average molecular weight is 238 g/mol. The van der Waals surface area contributed by atoms with Gasteiger partial charge in [0.1, 0.15) is 5.75 Å². The Morgan fingerprint density at radius 2 is 2.25 bits per heavy atom. The Morgan fingerprint density at radius 1 is 1.50 bits per heavy atom. The molecule has 0 spiro atoms. The van der Waals surface area contributed by atoms with E-state index in [0.717, 1.165) is 24.2 Å². The lowest BCUT2D eigenvalue weighted by Gasteiger charge is -2.14. The number of methoxy groups -OCH3 is 1. The van der Waals surface area contributed by atoms with Crippen molar-refractivity contribution in [2.45, 2.75) is 25.8 Å². The van der Waals surface area contributed by atoms with E-state index in [1.807, 2.05) is 19.1 Å². The predicted octanol–water partition coefficient (Wildman–Crippen LogP) is 3.15.